The van der Waals surface area contributed by atoms with E-state index in [1.165, 1.54) is 0 Å². The number of alkyl halides is 2. The number of ether oxygens (including phenoxy) is 1. The number of benzene rings is 1. The molecule has 1 aliphatic heterocycles. The Morgan fingerprint density at radius 2 is 2.00 bits per heavy atom. The molecular weight excluding hydrogens is 354 g/mol. The van der Waals surface area contributed by atoms with Gasteiger partial charge >= 0.3 is 12.6 Å². The van der Waals surface area contributed by atoms with E-state index in [9.17, 15) is 13.6 Å². The second kappa shape index (κ2) is 10.5. The van der Waals surface area contributed by atoms with Gasteiger partial charge in [0.25, 0.3) is 0 Å². The fourth-order valence-corrected chi connectivity index (χ4v) is 3.20. The van der Waals surface area contributed by atoms with Crippen LogP contribution in [0.5, 0.6) is 5.75 Å². The van der Waals surface area contributed by atoms with E-state index >= 15 is 0 Å². The molecule has 1 fully saturated rings. The van der Waals surface area contributed by atoms with Gasteiger partial charge in [-0.25, -0.2) is 0 Å². The summed E-state index contributed by atoms with van der Waals surface area (Å²) in [5.41, 5.74) is 0.745. The van der Waals surface area contributed by atoms with Gasteiger partial charge in [-0.1, -0.05) is 25.1 Å². The van der Waals surface area contributed by atoms with Crippen LogP contribution < -0.4 is 4.74 Å². The minimum absolute atomic E-state index is 0. The van der Waals surface area contributed by atoms with E-state index in [0.717, 1.165) is 31.5 Å². The van der Waals surface area contributed by atoms with E-state index in [1.54, 1.807) is 18.2 Å². The highest BCUT2D eigenvalue weighted by Crippen LogP contribution is 2.24. The van der Waals surface area contributed by atoms with E-state index in [2.05, 4.69) is 9.64 Å². The molecule has 1 N–H and O–H groups in total. The normalized spacial score (nSPS) is 16.0. The van der Waals surface area contributed by atoms with Crippen LogP contribution in [0.1, 0.15) is 25.3 Å². The fourth-order valence-electron chi connectivity index (χ4n) is 3.20. The van der Waals surface area contributed by atoms with Crippen molar-refractivity contribution in [2.24, 2.45) is 0 Å². The molecule has 142 valence electrons. The first-order valence-corrected chi connectivity index (χ1v) is 8.20. The molecule has 8 heteroatoms. The summed E-state index contributed by atoms with van der Waals surface area (Å²) in [7, 11) is 0. The Bertz CT molecular complexity index is 540. The standard InChI is InChI=1S/C17H24F2N2O3.ClH/c1-2-21(12-16(22)23)14-7-9-20(10-8-14)11-13-5-3-4-6-15(13)24-17(18)19;/h3-6,14,17H,2,7-12H2,1H3,(H,22,23);1H. The van der Waals surface area contributed by atoms with E-state index in [1.807, 2.05) is 17.9 Å². The molecule has 0 bridgehead atoms. The first-order chi connectivity index (χ1) is 11.5. The highest BCUT2D eigenvalue weighted by atomic mass is 35.5. The lowest BCUT2D eigenvalue weighted by Gasteiger charge is -2.37. The maximum atomic E-state index is 12.5. The second-order valence-electron chi connectivity index (χ2n) is 5.95. The van der Waals surface area contributed by atoms with Crippen molar-refractivity contribution in [1.29, 1.82) is 0 Å². The third kappa shape index (κ3) is 6.76. The number of likely N-dealkylation sites (tertiary alicyclic amines) is 1. The zero-order valence-electron chi connectivity index (χ0n) is 14.2. The van der Waals surface area contributed by atoms with Crippen molar-refractivity contribution in [3.8, 4) is 5.75 Å². The van der Waals surface area contributed by atoms with Crippen LogP contribution in [-0.4, -0.2) is 59.7 Å². The second-order valence-corrected chi connectivity index (χ2v) is 5.95. The molecule has 1 saturated heterocycles. The summed E-state index contributed by atoms with van der Waals surface area (Å²) >= 11 is 0. The number of halogens is 3. The summed E-state index contributed by atoms with van der Waals surface area (Å²) in [6.45, 7) is 2.08. The fraction of sp³-hybridized carbons (Fsp3) is 0.588. The van der Waals surface area contributed by atoms with Crippen LogP contribution in [0.15, 0.2) is 24.3 Å². The quantitative estimate of drug-likeness (QED) is 0.753. The summed E-state index contributed by atoms with van der Waals surface area (Å²) in [4.78, 5) is 15.1. The topological polar surface area (TPSA) is 53.0 Å². The Kier molecular flexibility index (Phi) is 9.10. The van der Waals surface area contributed by atoms with Gasteiger partial charge in [0.05, 0.1) is 6.54 Å². The molecule has 1 aromatic carbocycles. The Morgan fingerprint density at radius 1 is 1.36 bits per heavy atom. The summed E-state index contributed by atoms with van der Waals surface area (Å²) in [6.07, 6.45) is 1.75. The third-order valence-electron chi connectivity index (χ3n) is 4.40. The molecular formula is C17H25ClF2N2O3. The largest absolute Gasteiger partial charge is 0.480 e. The molecule has 0 unspecified atom stereocenters. The Labute approximate surface area is 153 Å². The molecule has 0 aliphatic carbocycles. The number of rotatable bonds is 8. The first-order valence-electron chi connectivity index (χ1n) is 8.20. The number of likely N-dealkylation sites (N-methyl/N-ethyl adjacent to an activating group) is 1. The van der Waals surface area contributed by atoms with Crippen LogP contribution in [0.25, 0.3) is 0 Å². The number of carboxylic acid groups (broad SMARTS) is 1. The molecule has 0 saturated carbocycles. The van der Waals surface area contributed by atoms with E-state index in [4.69, 9.17) is 5.11 Å². The molecule has 25 heavy (non-hydrogen) atoms. The molecule has 0 radical (unpaired) electrons. The van der Waals surface area contributed by atoms with Gasteiger partial charge in [0.2, 0.25) is 0 Å². The minimum atomic E-state index is -2.83. The van der Waals surface area contributed by atoms with Gasteiger partial charge in [0.1, 0.15) is 5.75 Å². The first kappa shape index (κ1) is 21.6. The molecule has 0 amide bonds. The van der Waals surface area contributed by atoms with Crippen molar-refractivity contribution < 1.29 is 23.4 Å². The third-order valence-corrected chi connectivity index (χ3v) is 4.40. The predicted molar refractivity (Wildman–Crippen MR) is 93.5 cm³/mol. The van der Waals surface area contributed by atoms with Gasteiger partial charge in [-0.2, -0.15) is 8.78 Å². The van der Waals surface area contributed by atoms with E-state index in [-0.39, 0.29) is 30.7 Å². The number of hydrogen-bond donors (Lipinski definition) is 1. The molecule has 0 aromatic heterocycles. The summed E-state index contributed by atoms with van der Waals surface area (Å²) in [6, 6.07) is 7.10. The number of para-hydroxylation sites is 1. The van der Waals surface area contributed by atoms with Crippen molar-refractivity contribution in [1.82, 2.24) is 9.80 Å². The van der Waals surface area contributed by atoms with Crippen molar-refractivity contribution in [3.05, 3.63) is 29.8 Å². The van der Waals surface area contributed by atoms with Crippen LogP contribution in [0, 0.1) is 0 Å². The van der Waals surface area contributed by atoms with Crippen LogP contribution >= 0.6 is 12.4 Å². The van der Waals surface area contributed by atoms with Gasteiger partial charge in [-0.3, -0.25) is 14.6 Å². The lowest BCUT2D eigenvalue weighted by atomic mass is 10.0. The van der Waals surface area contributed by atoms with Crippen LogP contribution in [0.3, 0.4) is 0 Å². The van der Waals surface area contributed by atoms with Crippen LogP contribution in [-0.2, 0) is 11.3 Å². The summed E-state index contributed by atoms with van der Waals surface area (Å²) < 4.78 is 29.5. The van der Waals surface area contributed by atoms with Crippen molar-refractivity contribution >= 4 is 18.4 Å². The molecule has 0 atom stereocenters. The predicted octanol–water partition coefficient (Wildman–Crippen LogP) is 3.08. The smallest absolute Gasteiger partial charge is 0.387 e. The van der Waals surface area contributed by atoms with E-state index in [0.29, 0.717) is 13.1 Å². The summed E-state index contributed by atoms with van der Waals surface area (Å²) in [5.74, 6) is -0.590. The zero-order valence-corrected chi connectivity index (χ0v) is 15.1. The molecule has 2 rings (SSSR count). The molecule has 1 aromatic rings. The van der Waals surface area contributed by atoms with Gasteiger partial charge in [-0.05, 0) is 38.5 Å². The average Bonchev–Trinajstić information content (AvgIpc) is 2.54. The van der Waals surface area contributed by atoms with Gasteiger partial charge in [-0.15, -0.1) is 12.4 Å². The molecule has 5 nitrogen and oxygen atoms in total. The molecule has 1 aliphatic rings. The van der Waals surface area contributed by atoms with Gasteiger partial charge < -0.3 is 9.84 Å². The van der Waals surface area contributed by atoms with Crippen molar-refractivity contribution in [2.75, 3.05) is 26.2 Å². The molecule has 0 spiro atoms. The number of carbonyl (C=O) groups is 1. The van der Waals surface area contributed by atoms with Gasteiger partial charge in [0, 0.05) is 18.2 Å². The lowest BCUT2D eigenvalue weighted by molar-refractivity contribution is -0.139. The Hall–Kier alpha value is -1.44. The van der Waals surface area contributed by atoms with Crippen LogP contribution in [0.2, 0.25) is 0 Å². The minimum Gasteiger partial charge on any atom is -0.480 e. The monoisotopic (exact) mass is 378 g/mol. The van der Waals surface area contributed by atoms with E-state index < -0.39 is 12.6 Å². The number of aliphatic carboxylic acids is 1. The van der Waals surface area contributed by atoms with Crippen molar-refractivity contribution in [2.45, 2.75) is 39.0 Å². The van der Waals surface area contributed by atoms with Crippen molar-refractivity contribution in [3.63, 3.8) is 0 Å². The number of nitrogens with zero attached hydrogens (tertiary/aromatic N) is 2. The highest BCUT2D eigenvalue weighted by Gasteiger charge is 2.25. The lowest BCUT2D eigenvalue weighted by Crippen LogP contribution is -2.46. The zero-order chi connectivity index (χ0) is 17.5. The Balaban J connectivity index is 0.00000312. The number of carboxylic acids is 1. The highest BCUT2D eigenvalue weighted by molar-refractivity contribution is 5.85. The summed E-state index contributed by atoms with van der Waals surface area (Å²) in [5, 5.41) is 8.97. The molecule has 1 heterocycles. The number of hydrogen-bond acceptors (Lipinski definition) is 4. The maximum Gasteiger partial charge on any atom is 0.387 e. The Morgan fingerprint density at radius 3 is 2.56 bits per heavy atom. The number of piperidine rings is 1. The SMILES string of the molecule is CCN(CC(=O)O)C1CCN(Cc2ccccc2OC(F)F)CC1.Cl. The maximum absolute atomic E-state index is 12.5. The van der Waals surface area contributed by atoms with Gasteiger partial charge in [0.15, 0.2) is 0 Å². The van der Waals surface area contributed by atoms with Crippen LogP contribution in [0.4, 0.5) is 8.78 Å². The average molecular weight is 379 g/mol.